The van der Waals surface area contributed by atoms with Crippen LogP contribution in [0.15, 0.2) is 34.9 Å². The Morgan fingerprint density at radius 3 is 2.85 bits per heavy atom. The zero-order valence-electron chi connectivity index (χ0n) is 10.7. The molecule has 1 heterocycles. The molecule has 0 saturated carbocycles. The van der Waals surface area contributed by atoms with E-state index in [4.69, 9.17) is 16.7 Å². The van der Waals surface area contributed by atoms with Crippen LogP contribution in [0.25, 0.3) is 0 Å². The normalized spacial score (nSPS) is 10.3. The van der Waals surface area contributed by atoms with Gasteiger partial charge >= 0.3 is 5.97 Å². The number of benzene rings is 1. The average Bonchev–Trinajstić information content (AvgIpc) is 2.42. The summed E-state index contributed by atoms with van der Waals surface area (Å²) >= 11 is 9.22. The molecule has 0 radical (unpaired) electrons. The fourth-order valence-corrected chi connectivity index (χ4v) is 2.38. The van der Waals surface area contributed by atoms with E-state index in [-0.39, 0.29) is 10.6 Å². The van der Waals surface area contributed by atoms with Gasteiger partial charge in [0, 0.05) is 16.4 Å². The number of hydrogen-bond acceptors (Lipinski definition) is 3. The standard InChI is InChI=1S/C14H12BrClN2O2/c1-2-8-5-9(15)3-4-12(8)18-13-6-10(14(19)20)11(16)7-17-13/h3-7H,2H2,1H3,(H,17,18)(H,19,20). The van der Waals surface area contributed by atoms with Crippen LogP contribution in [0.2, 0.25) is 5.02 Å². The van der Waals surface area contributed by atoms with E-state index in [1.807, 2.05) is 25.1 Å². The van der Waals surface area contributed by atoms with Gasteiger partial charge in [0.25, 0.3) is 0 Å². The summed E-state index contributed by atoms with van der Waals surface area (Å²) in [6.07, 6.45) is 2.18. The zero-order valence-corrected chi connectivity index (χ0v) is 13.0. The number of carboxylic acid groups (broad SMARTS) is 1. The van der Waals surface area contributed by atoms with Crippen LogP contribution in [0.1, 0.15) is 22.8 Å². The molecule has 2 aromatic rings. The minimum absolute atomic E-state index is 0.0272. The first kappa shape index (κ1) is 14.8. The molecule has 0 aliphatic heterocycles. The fraction of sp³-hybridized carbons (Fsp3) is 0.143. The number of hydrogen-bond donors (Lipinski definition) is 2. The first-order valence-electron chi connectivity index (χ1n) is 5.95. The lowest BCUT2D eigenvalue weighted by Crippen LogP contribution is -2.02. The largest absolute Gasteiger partial charge is 0.478 e. The number of aryl methyl sites for hydroxylation is 1. The number of anilines is 2. The summed E-state index contributed by atoms with van der Waals surface area (Å²) in [7, 11) is 0. The highest BCUT2D eigenvalue weighted by atomic mass is 79.9. The van der Waals surface area contributed by atoms with Crippen molar-refractivity contribution in [3.05, 3.63) is 51.1 Å². The number of nitrogens with zero attached hydrogens (tertiary/aromatic N) is 1. The maximum absolute atomic E-state index is 11.0. The van der Waals surface area contributed by atoms with Crippen molar-refractivity contribution in [3.8, 4) is 0 Å². The second-order valence-electron chi connectivity index (χ2n) is 4.13. The Hall–Kier alpha value is -1.59. The number of pyridine rings is 1. The zero-order chi connectivity index (χ0) is 14.7. The maximum Gasteiger partial charge on any atom is 0.337 e. The minimum atomic E-state index is -1.08. The van der Waals surface area contributed by atoms with Gasteiger partial charge in [-0.15, -0.1) is 0 Å². The van der Waals surface area contributed by atoms with Crippen LogP contribution in [-0.2, 0) is 6.42 Å². The molecule has 6 heteroatoms. The molecule has 0 amide bonds. The molecule has 0 aliphatic carbocycles. The van der Waals surface area contributed by atoms with Crippen molar-refractivity contribution in [3.63, 3.8) is 0 Å². The van der Waals surface area contributed by atoms with E-state index < -0.39 is 5.97 Å². The lowest BCUT2D eigenvalue weighted by atomic mass is 10.1. The van der Waals surface area contributed by atoms with Crippen molar-refractivity contribution in [1.82, 2.24) is 4.98 Å². The Balaban J connectivity index is 2.35. The molecule has 20 heavy (non-hydrogen) atoms. The molecule has 0 unspecified atom stereocenters. The SMILES string of the molecule is CCc1cc(Br)ccc1Nc1cc(C(=O)O)c(Cl)cn1. The minimum Gasteiger partial charge on any atom is -0.478 e. The van der Waals surface area contributed by atoms with Gasteiger partial charge in [0.15, 0.2) is 0 Å². The van der Waals surface area contributed by atoms with E-state index >= 15 is 0 Å². The van der Waals surface area contributed by atoms with Gasteiger partial charge in [-0.05, 0) is 36.2 Å². The van der Waals surface area contributed by atoms with E-state index in [0.717, 1.165) is 22.1 Å². The molecule has 4 nitrogen and oxygen atoms in total. The first-order chi connectivity index (χ1) is 9.51. The number of halogens is 2. The third-order valence-corrected chi connectivity index (χ3v) is 3.59. The van der Waals surface area contributed by atoms with Crippen molar-refractivity contribution in [2.45, 2.75) is 13.3 Å². The average molecular weight is 356 g/mol. The number of carbonyl (C=O) groups is 1. The molecule has 0 atom stereocenters. The van der Waals surface area contributed by atoms with Crippen molar-refractivity contribution in [2.75, 3.05) is 5.32 Å². The van der Waals surface area contributed by atoms with Gasteiger partial charge in [-0.1, -0.05) is 34.5 Å². The Kier molecular flexibility index (Phi) is 4.62. The summed E-state index contributed by atoms with van der Waals surface area (Å²) in [5.41, 5.74) is 2.02. The molecule has 0 fully saturated rings. The molecular weight excluding hydrogens is 344 g/mol. The smallest absolute Gasteiger partial charge is 0.337 e. The Bertz CT molecular complexity index is 662. The second-order valence-corrected chi connectivity index (χ2v) is 5.46. The van der Waals surface area contributed by atoms with Gasteiger partial charge in [0.1, 0.15) is 5.82 Å². The highest BCUT2D eigenvalue weighted by Gasteiger charge is 2.11. The maximum atomic E-state index is 11.0. The van der Waals surface area contributed by atoms with E-state index in [2.05, 4.69) is 26.2 Å². The Morgan fingerprint density at radius 2 is 2.20 bits per heavy atom. The van der Waals surface area contributed by atoms with E-state index in [1.165, 1.54) is 12.3 Å². The van der Waals surface area contributed by atoms with Crippen molar-refractivity contribution < 1.29 is 9.90 Å². The van der Waals surface area contributed by atoms with Crippen LogP contribution in [0, 0.1) is 0 Å². The Labute approximate surface area is 129 Å². The van der Waals surface area contributed by atoms with E-state index in [0.29, 0.717) is 5.82 Å². The van der Waals surface area contributed by atoms with Gasteiger partial charge in [0.2, 0.25) is 0 Å². The van der Waals surface area contributed by atoms with Gasteiger partial charge in [0.05, 0.1) is 10.6 Å². The summed E-state index contributed by atoms with van der Waals surface area (Å²) in [6, 6.07) is 7.26. The molecule has 104 valence electrons. The molecule has 1 aromatic carbocycles. The van der Waals surface area contributed by atoms with Crippen molar-refractivity contribution in [1.29, 1.82) is 0 Å². The monoisotopic (exact) mass is 354 g/mol. The predicted molar refractivity (Wildman–Crippen MR) is 83.0 cm³/mol. The molecule has 0 spiro atoms. The number of aromatic nitrogens is 1. The van der Waals surface area contributed by atoms with E-state index in [1.54, 1.807) is 0 Å². The highest BCUT2D eigenvalue weighted by Crippen LogP contribution is 2.26. The fourth-order valence-electron chi connectivity index (χ4n) is 1.79. The van der Waals surface area contributed by atoms with Crippen LogP contribution in [-0.4, -0.2) is 16.1 Å². The number of carboxylic acids is 1. The highest BCUT2D eigenvalue weighted by molar-refractivity contribution is 9.10. The summed E-state index contributed by atoms with van der Waals surface area (Å²) in [4.78, 5) is 15.1. The molecule has 0 aliphatic rings. The molecule has 2 rings (SSSR count). The van der Waals surface area contributed by atoms with Gasteiger partial charge < -0.3 is 10.4 Å². The van der Waals surface area contributed by atoms with Gasteiger partial charge in [-0.3, -0.25) is 0 Å². The molecule has 0 saturated heterocycles. The molecule has 1 aromatic heterocycles. The third-order valence-electron chi connectivity index (χ3n) is 2.80. The molecular formula is C14H12BrClN2O2. The van der Waals surface area contributed by atoms with Crippen molar-refractivity contribution >= 4 is 45.0 Å². The predicted octanol–water partition coefficient (Wildman–Crippen LogP) is 4.50. The topological polar surface area (TPSA) is 62.2 Å². The summed E-state index contributed by atoms with van der Waals surface area (Å²) in [5, 5.41) is 12.3. The third kappa shape index (κ3) is 3.29. The van der Waals surface area contributed by atoms with Gasteiger partial charge in [-0.2, -0.15) is 0 Å². The molecule has 2 N–H and O–H groups in total. The lowest BCUT2D eigenvalue weighted by molar-refractivity contribution is 0.0697. The van der Waals surface area contributed by atoms with Crippen LogP contribution < -0.4 is 5.32 Å². The van der Waals surface area contributed by atoms with Gasteiger partial charge in [-0.25, -0.2) is 9.78 Å². The van der Waals surface area contributed by atoms with Crippen LogP contribution in [0.5, 0.6) is 0 Å². The summed E-state index contributed by atoms with van der Waals surface area (Å²) < 4.78 is 0.996. The van der Waals surface area contributed by atoms with Crippen molar-refractivity contribution in [2.24, 2.45) is 0 Å². The number of nitrogens with one attached hydrogen (secondary N) is 1. The van der Waals surface area contributed by atoms with Crippen LogP contribution in [0.4, 0.5) is 11.5 Å². The summed E-state index contributed by atoms with van der Waals surface area (Å²) in [5.74, 6) is -0.629. The van der Waals surface area contributed by atoms with Crippen LogP contribution >= 0.6 is 27.5 Å². The lowest BCUT2D eigenvalue weighted by Gasteiger charge is -2.11. The van der Waals surface area contributed by atoms with Crippen LogP contribution in [0.3, 0.4) is 0 Å². The number of rotatable bonds is 4. The van der Waals surface area contributed by atoms with E-state index in [9.17, 15) is 4.79 Å². The second kappa shape index (κ2) is 6.24. The summed E-state index contributed by atoms with van der Waals surface area (Å²) in [6.45, 7) is 2.05. The Morgan fingerprint density at radius 1 is 1.45 bits per heavy atom. The first-order valence-corrected chi connectivity index (χ1v) is 7.12. The molecule has 0 bridgehead atoms. The quantitative estimate of drug-likeness (QED) is 0.847. The number of aromatic carboxylic acids is 1.